The lowest BCUT2D eigenvalue weighted by Crippen LogP contribution is -2.24. The average molecular weight is 398 g/mol. The zero-order valence-electron chi connectivity index (χ0n) is 15.3. The third-order valence-corrected chi connectivity index (χ3v) is 5.06. The lowest BCUT2D eigenvalue weighted by Gasteiger charge is -2.21. The number of aromatic nitrogens is 1. The van der Waals surface area contributed by atoms with E-state index in [9.17, 15) is 9.18 Å². The number of para-hydroxylation sites is 1. The molecule has 1 atom stereocenters. The molecule has 0 fully saturated rings. The number of carbonyl (C=O) groups excluding carboxylic acids is 1. The molecule has 0 N–H and O–H groups in total. The highest BCUT2D eigenvalue weighted by atomic mass is 35.5. The number of carbonyl (C=O) groups is 1. The summed E-state index contributed by atoms with van der Waals surface area (Å²) in [7, 11) is 1.58. The molecular formula is C21H17ClFN3O2. The first-order valence-electron chi connectivity index (χ1n) is 8.74. The molecule has 1 unspecified atom stereocenters. The summed E-state index contributed by atoms with van der Waals surface area (Å²) in [6, 6.07) is 13.3. The van der Waals surface area contributed by atoms with E-state index < -0.39 is 6.04 Å². The van der Waals surface area contributed by atoms with Gasteiger partial charge in [0.2, 0.25) is 5.91 Å². The second kappa shape index (κ2) is 7.20. The van der Waals surface area contributed by atoms with Crippen LogP contribution in [0.4, 0.5) is 4.39 Å². The molecule has 0 bridgehead atoms. The Morgan fingerprint density at radius 1 is 1.25 bits per heavy atom. The fraction of sp³-hybridized carbons (Fsp3) is 0.190. The van der Waals surface area contributed by atoms with Gasteiger partial charge < -0.3 is 4.74 Å². The molecule has 1 aliphatic heterocycles. The largest absolute Gasteiger partial charge is 0.494 e. The molecule has 7 heteroatoms. The Morgan fingerprint density at radius 2 is 2.04 bits per heavy atom. The highest BCUT2D eigenvalue weighted by Crippen LogP contribution is 2.38. The molecule has 5 nitrogen and oxygen atoms in total. The minimum absolute atomic E-state index is 0.224. The fourth-order valence-electron chi connectivity index (χ4n) is 3.45. The molecule has 4 rings (SSSR count). The zero-order valence-corrected chi connectivity index (χ0v) is 16.1. The van der Waals surface area contributed by atoms with Gasteiger partial charge in [-0.1, -0.05) is 35.9 Å². The van der Waals surface area contributed by atoms with E-state index in [0.717, 1.165) is 5.39 Å². The molecule has 1 aliphatic rings. The molecule has 0 saturated heterocycles. The standard InChI is InChI=1S/C21H17ClFN3O2/c1-12(27)26-18(11-17(25-26)13-5-3-7-15(23)9-13)16-10-14-6-4-8-19(28-2)20(14)24-21(16)22/h3-10,18H,11H2,1-2H3. The van der Waals surface area contributed by atoms with Gasteiger partial charge >= 0.3 is 0 Å². The number of nitrogens with zero attached hydrogens (tertiary/aromatic N) is 3. The van der Waals surface area contributed by atoms with Crippen LogP contribution in [0.5, 0.6) is 5.75 Å². The number of benzene rings is 2. The molecule has 0 radical (unpaired) electrons. The van der Waals surface area contributed by atoms with Crippen LogP contribution >= 0.6 is 11.6 Å². The maximum atomic E-state index is 13.6. The molecule has 2 aromatic carbocycles. The van der Waals surface area contributed by atoms with Crippen LogP contribution in [0, 0.1) is 5.82 Å². The maximum absolute atomic E-state index is 13.6. The second-order valence-corrected chi connectivity index (χ2v) is 6.90. The summed E-state index contributed by atoms with van der Waals surface area (Å²) in [5.41, 5.74) is 2.60. The van der Waals surface area contributed by atoms with Gasteiger partial charge in [-0.15, -0.1) is 0 Å². The van der Waals surface area contributed by atoms with Crippen molar-refractivity contribution in [3.8, 4) is 5.75 Å². The van der Waals surface area contributed by atoms with Gasteiger partial charge in [0.1, 0.15) is 22.2 Å². The summed E-state index contributed by atoms with van der Waals surface area (Å²) >= 11 is 6.49. The summed E-state index contributed by atoms with van der Waals surface area (Å²) in [5, 5.41) is 6.95. The van der Waals surface area contributed by atoms with E-state index in [1.807, 2.05) is 24.3 Å². The maximum Gasteiger partial charge on any atom is 0.240 e. The molecule has 1 amide bonds. The smallest absolute Gasteiger partial charge is 0.240 e. The van der Waals surface area contributed by atoms with E-state index >= 15 is 0 Å². The Kier molecular flexibility index (Phi) is 4.73. The molecule has 142 valence electrons. The van der Waals surface area contributed by atoms with Crippen molar-refractivity contribution in [2.24, 2.45) is 5.10 Å². The molecule has 0 saturated carbocycles. The predicted octanol–water partition coefficient (Wildman–Crippen LogP) is 4.73. The summed E-state index contributed by atoms with van der Waals surface area (Å²) in [5.74, 6) is 0.0474. The normalized spacial score (nSPS) is 16.4. The van der Waals surface area contributed by atoms with Gasteiger partial charge in [-0.25, -0.2) is 14.4 Å². The summed E-state index contributed by atoms with van der Waals surface area (Å²) in [6.07, 6.45) is 0.417. The number of halogens is 2. The first kappa shape index (κ1) is 18.4. The van der Waals surface area contributed by atoms with E-state index in [4.69, 9.17) is 16.3 Å². The Morgan fingerprint density at radius 3 is 2.75 bits per heavy atom. The number of amides is 1. The number of hydrazone groups is 1. The third-order valence-electron chi connectivity index (χ3n) is 4.76. The van der Waals surface area contributed by atoms with Gasteiger partial charge in [-0.05, 0) is 24.3 Å². The molecular weight excluding hydrogens is 381 g/mol. The van der Waals surface area contributed by atoms with Gasteiger partial charge in [0.15, 0.2) is 0 Å². The van der Waals surface area contributed by atoms with Gasteiger partial charge in [-0.3, -0.25) is 4.79 Å². The number of pyridine rings is 1. The van der Waals surface area contributed by atoms with E-state index in [1.54, 1.807) is 19.2 Å². The van der Waals surface area contributed by atoms with Gasteiger partial charge in [0.05, 0.1) is 18.9 Å². The number of hydrogen-bond donors (Lipinski definition) is 0. The van der Waals surface area contributed by atoms with Crippen LogP contribution in [0.25, 0.3) is 10.9 Å². The summed E-state index contributed by atoms with van der Waals surface area (Å²) in [4.78, 5) is 16.7. The lowest BCUT2D eigenvalue weighted by atomic mass is 9.98. The van der Waals surface area contributed by atoms with Crippen molar-refractivity contribution in [2.45, 2.75) is 19.4 Å². The van der Waals surface area contributed by atoms with Crippen molar-refractivity contribution >= 4 is 34.1 Å². The molecule has 1 aromatic heterocycles. The number of rotatable bonds is 3. The second-order valence-electron chi connectivity index (χ2n) is 6.54. The minimum atomic E-state index is -0.411. The highest BCUT2D eigenvalue weighted by molar-refractivity contribution is 6.30. The van der Waals surface area contributed by atoms with E-state index in [0.29, 0.717) is 34.5 Å². The number of hydrogen-bond acceptors (Lipinski definition) is 4. The fourth-order valence-corrected chi connectivity index (χ4v) is 3.71. The van der Waals surface area contributed by atoms with Gasteiger partial charge in [-0.2, -0.15) is 5.10 Å². The quantitative estimate of drug-likeness (QED) is 0.600. The van der Waals surface area contributed by atoms with Crippen LogP contribution in [-0.4, -0.2) is 28.7 Å². The Bertz CT molecular complexity index is 1120. The predicted molar refractivity (Wildman–Crippen MR) is 106 cm³/mol. The van der Waals surface area contributed by atoms with Crippen molar-refractivity contribution in [1.82, 2.24) is 9.99 Å². The molecule has 2 heterocycles. The zero-order chi connectivity index (χ0) is 19.8. The van der Waals surface area contributed by atoms with Crippen LogP contribution in [0.1, 0.15) is 30.5 Å². The minimum Gasteiger partial charge on any atom is -0.494 e. The Hall–Kier alpha value is -2.99. The number of methoxy groups -OCH3 is 1. The van der Waals surface area contributed by atoms with Crippen molar-refractivity contribution in [3.63, 3.8) is 0 Å². The van der Waals surface area contributed by atoms with Crippen molar-refractivity contribution in [3.05, 3.63) is 70.6 Å². The first-order chi connectivity index (χ1) is 13.5. The number of fused-ring (bicyclic) bond motifs is 1. The Balaban J connectivity index is 1.78. The van der Waals surface area contributed by atoms with Crippen LogP contribution in [0.3, 0.4) is 0 Å². The number of ether oxygens (including phenoxy) is 1. The van der Waals surface area contributed by atoms with E-state index in [2.05, 4.69) is 10.1 Å². The van der Waals surface area contributed by atoms with Crippen LogP contribution in [-0.2, 0) is 4.79 Å². The van der Waals surface area contributed by atoms with Crippen LogP contribution < -0.4 is 4.74 Å². The average Bonchev–Trinajstić information content (AvgIpc) is 3.12. The van der Waals surface area contributed by atoms with Crippen molar-refractivity contribution in [1.29, 1.82) is 0 Å². The van der Waals surface area contributed by atoms with Crippen LogP contribution in [0.2, 0.25) is 5.15 Å². The molecule has 0 aliphatic carbocycles. The van der Waals surface area contributed by atoms with Gasteiger partial charge in [0, 0.05) is 29.9 Å². The van der Waals surface area contributed by atoms with E-state index in [-0.39, 0.29) is 16.9 Å². The summed E-state index contributed by atoms with van der Waals surface area (Å²) < 4.78 is 19.0. The Labute approximate surface area is 166 Å². The SMILES string of the molecule is COc1cccc2cc(C3CC(c4cccc(F)c4)=NN3C(C)=O)c(Cl)nc12. The van der Waals surface area contributed by atoms with E-state index in [1.165, 1.54) is 24.1 Å². The summed E-state index contributed by atoms with van der Waals surface area (Å²) in [6.45, 7) is 1.44. The van der Waals surface area contributed by atoms with Crippen molar-refractivity contribution < 1.29 is 13.9 Å². The first-order valence-corrected chi connectivity index (χ1v) is 9.12. The molecule has 3 aromatic rings. The van der Waals surface area contributed by atoms with Gasteiger partial charge in [0.25, 0.3) is 0 Å². The van der Waals surface area contributed by atoms with Crippen LogP contribution in [0.15, 0.2) is 53.6 Å². The molecule has 28 heavy (non-hydrogen) atoms. The lowest BCUT2D eigenvalue weighted by molar-refractivity contribution is -0.130. The van der Waals surface area contributed by atoms with Crippen molar-refractivity contribution in [2.75, 3.05) is 7.11 Å². The third kappa shape index (κ3) is 3.20. The topological polar surface area (TPSA) is 54.8 Å². The monoisotopic (exact) mass is 397 g/mol. The molecule has 0 spiro atoms. The highest BCUT2D eigenvalue weighted by Gasteiger charge is 2.33.